The summed E-state index contributed by atoms with van der Waals surface area (Å²) in [6.45, 7) is 0. The van der Waals surface area contributed by atoms with Crippen LogP contribution in [-0.2, 0) is 5.41 Å². The zero-order chi connectivity index (χ0) is 40.3. The van der Waals surface area contributed by atoms with Crippen LogP contribution in [0.4, 0.5) is 0 Å². The molecule has 1 atom stereocenters. The normalized spacial score (nSPS) is 15.7. The molecule has 0 saturated carbocycles. The van der Waals surface area contributed by atoms with Crippen LogP contribution < -0.4 is 0 Å². The molecule has 0 N–H and O–H groups in total. The second-order valence-corrected chi connectivity index (χ2v) is 15.7. The van der Waals surface area contributed by atoms with Gasteiger partial charge in [0.2, 0.25) is 0 Å². The minimum absolute atomic E-state index is 0.553. The first-order valence-electron chi connectivity index (χ1n) is 20.8. The van der Waals surface area contributed by atoms with Gasteiger partial charge in [0, 0.05) is 33.4 Å². The number of hydrogen-bond donors (Lipinski definition) is 0. The molecule has 12 rings (SSSR count). The third-order valence-corrected chi connectivity index (χ3v) is 12.3. The molecule has 61 heavy (non-hydrogen) atoms. The lowest BCUT2D eigenvalue weighted by atomic mass is 9.67. The van der Waals surface area contributed by atoms with Crippen molar-refractivity contribution in [2.24, 2.45) is 0 Å². The van der Waals surface area contributed by atoms with E-state index < -0.39 is 5.41 Å². The van der Waals surface area contributed by atoms with Gasteiger partial charge >= 0.3 is 0 Å². The molecule has 2 aromatic heterocycles. The van der Waals surface area contributed by atoms with E-state index in [0.717, 1.165) is 46.2 Å². The summed E-state index contributed by atoms with van der Waals surface area (Å²) in [7, 11) is 0. The molecule has 6 nitrogen and oxygen atoms in total. The Morgan fingerprint density at radius 3 is 1.18 bits per heavy atom. The van der Waals surface area contributed by atoms with Crippen molar-refractivity contribution < 1.29 is 0 Å². The first kappa shape index (κ1) is 35.0. The first-order chi connectivity index (χ1) is 30.2. The Morgan fingerprint density at radius 1 is 0.328 bits per heavy atom. The fourth-order valence-electron chi connectivity index (χ4n) is 9.61. The Labute approximate surface area is 353 Å². The van der Waals surface area contributed by atoms with Crippen molar-refractivity contribution in [2.75, 3.05) is 0 Å². The molecule has 3 aliphatic rings. The van der Waals surface area contributed by atoms with Crippen LogP contribution in [0.3, 0.4) is 0 Å². The molecule has 1 spiro atoms. The van der Waals surface area contributed by atoms with Gasteiger partial charge in [-0.25, -0.2) is 29.9 Å². The Balaban J connectivity index is 1.09. The van der Waals surface area contributed by atoms with E-state index in [0.29, 0.717) is 34.9 Å². The summed E-state index contributed by atoms with van der Waals surface area (Å²) in [5.74, 6) is 3.84. The van der Waals surface area contributed by atoms with E-state index in [2.05, 4.69) is 121 Å². The molecule has 0 saturated heterocycles. The van der Waals surface area contributed by atoms with Crippen LogP contribution in [-0.4, -0.2) is 29.9 Å². The molecule has 0 radical (unpaired) electrons. The van der Waals surface area contributed by atoms with E-state index in [1.807, 2.05) is 72.8 Å². The molecule has 7 aromatic carbocycles. The van der Waals surface area contributed by atoms with Crippen molar-refractivity contribution in [3.63, 3.8) is 0 Å². The maximum absolute atomic E-state index is 5.17. The molecular formula is C55H36N6. The highest BCUT2D eigenvalue weighted by molar-refractivity contribution is 5.98. The van der Waals surface area contributed by atoms with E-state index in [-0.39, 0.29) is 0 Å². The van der Waals surface area contributed by atoms with Crippen LogP contribution in [0.2, 0.25) is 0 Å². The number of allylic oxidation sites excluding steroid dienone is 4. The summed E-state index contributed by atoms with van der Waals surface area (Å²) in [6.07, 6.45) is 6.57. The van der Waals surface area contributed by atoms with E-state index in [1.165, 1.54) is 44.5 Å². The van der Waals surface area contributed by atoms with Crippen LogP contribution in [0.5, 0.6) is 0 Å². The summed E-state index contributed by atoms with van der Waals surface area (Å²) in [6, 6.07) is 63.2. The zero-order valence-corrected chi connectivity index (χ0v) is 33.1. The van der Waals surface area contributed by atoms with Gasteiger partial charge in [-0.1, -0.05) is 182 Å². The molecule has 0 bridgehead atoms. The summed E-state index contributed by atoms with van der Waals surface area (Å²) >= 11 is 0. The highest BCUT2D eigenvalue weighted by Crippen LogP contribution is 2.64. The Bertz CT molecular complexity index is 3120. The lowest BCUT2D eigenvalue weighted by Crippen LogP contribution is -2.28. The van der Waals surface area contributed by atoms with E-state index >= 15 is 0 Å². The average Bonchev–Trinajstić information content (AvgIpc) is 3.81. The maximum Gasteiger partial charge on any atom is 0.164 e. The summed E-state index contributed by atoms with van der Waals surface area (Å²) in [4.78, 5) is 30.7. The standard InChI is InChI=1S/C55H36N6/c1-5-17-35(18-6-1)49-56-50(36-19-7-2-8-20-36)59-53(58-49)39-29-31-43-41-25-13-15-27-45(41)55(47(43)33-39)46-28-16-14-26-42(46)44-32-30-40(34-48(44)55)54-60-51(37-21-9-3-10-22-37)57-52(61-54)38-23-11-4-12-24-38/h1-15,17-27,29-34H,16,28H2. The Kier molecular flexibility index (Phi) is 8.10. The molecule has 9 aromatic rings. The van der Waals surface area contributed by atoms with Gasteiger partial charge in [0.05, 0.1) is 5.41 Å². The fraction of sp³-hybridized carbons (Fsp3) is 0.0545. The Hall–Kier alpha value is -7.96. The van der Waals surface area contributed by atoms with Gasteiger partial charge < -0.3 is 0 Å². The minimum Gasteiger partial charge on any atom is -0.208 e. The van der Waals surface area contributed by atoms with Crippen molar-refractivity contribution in [3.8, 4) is 79.5 Å². The van der Waals surface area contributed by atoms with E-state index in [1.54, 1.807) is 0 Å². The quantitative estimate of drug-likeness (QED) is 0.167. The van der Waals surface area contributed by atoms with Gasteiger partial charge in [0.1, 0.15) is 0 Å². The molecule has 2 heterocycles. The van der Waals surface area contributed by atoms with Gasteiger partial charge in [0.15, 0.2) is 34.9 Å². The predicted octanol–water partition coefficient (Wildman–Crippen LogP) is 12.5. The van der Waals surface area contributed by atoms with E-state index in [9.17, 15) is 0 Å². The summed E-state index contributed by atoms with van der Waals surface area (Å²) < 4.78 is 0. The summed E-state index contributed by atoms with van der Waals surface area (Å²) in [5.41, 5.74) is 15.3. The Morgan fingerprint density at radius 2 is 0.705 bits per heavy atom. The zero-order valence-electron chi connectivity index (χ0n) is 33.1. The third-order valence-electron chi connectivity index (χ3n) is 12.3. The largest absolute Gasteiger partial charge is 0.208 e. The molecule has 0 aliphatic heterocycles. The SMILES string of the molecule is C1=CC2=C(CC1)C1(c3cc(-c4nc(-c5ccccc5)nc(-c5ccccc5)n4)ccc32)c2ccccc2-c2ccc(-c3nc(-c4ccccc4)nc(-c4ccccc4)n3)cc21. The van der Waals surface area contributed by atoms with Crippen LogP contribution >= 0.6 is 0 Å². The molecule has 1 unspecified atom stereocenters. The number of hydrogen-bond acceptors (Lipinski definition) is 6. The molecule has 3 aliphatic carbocycles. The van der Waals surface area contributed by atoms with Crippen molar-refractivity contribution in [3.05, 3.63) is 222 Å². The molecular weight excluding hydrogens is 745 g/mol. The van der Waals surface area contributed by atoms with Crippen LogP contribution in [0.15, 0.2) is 200 Å². The lowest BCUT2D eigenvalue weighted by molar-refractivity contribution is 0.714. The van der Waals surface area contributed by atoms with E-state index in [4.69, 9.17) is 29.9 Å². The number of rotatable bonds is 6. The number of aromatic nitrogens is 6. The third kappa shape index (κ3) is 5.64. The molecule has 286 valence electrons. The minimum atomic E-state index is -0.553. The van der Waals surface area contributed by atoms with Crippen molar-refractivity contribution in [1.29, 1.82) is 0 Å². The second kappa shape index (κ2) is 14.1. The number of benzene rings is 7. The van der Waals surface area contributed by atoms with Gasteiger partial charge in [-0.3, -0.25) is 0 Å². The average molecular weight is 781 g/mol. The smallest absolute Gasteiger partial charge is 0.164 e. The number of nitrogens with zero attached hydrogens (tertiary/aromatic N) is 6. The van der Waals surface area contributed by atoms with Gasteiger partial charge in [-0.05, 0) is 69.5 Å². The molecule has 6 heteroatoms. The van der Waals surface area contributed by atoms with Crippen molar-refractivity contribution in [1.82, 2.24) is 29.9 Å². The van der Waals surface area contributed by atoms with Gasteiger partial charge in [-0.15, -0.1) is 0 Å². The van der Waals surface area contributed by atoms with Crippen molar-refractivity contribution >= 4 is 5.57 Å². The van der Waals surface area contributed by atoms with Crippen molar-refractivity contribution in [2.45, 2.75) is 18.3 Å². The highest BCUT2D eigenvalue weighted by atomic mass is 15.0. The topological polar surface area (TPSA) is 77.3 Å². The molecule has 0 fully saturated rings. The first-order valence-corrected chi connectivity index (χ1v) is 20.8. The van der Waals surface area contributed by atoms with Crippen LogP contribution in [0, 0.1) is 0 Å². The van der Waals surface area contributed by atoms with Crippen LogP contribution in [0.25, 0.3) is 85.0 Å². The second-order valence-electron chi connectivity index (χ2n) is 15.7. The van der Waals surface area contributed by atoms with Gasteiger partial charge in [-0.2, -0.15) is 0 Å². The predicted molar refractivity (Wildman–Crippen MR) is 243 cm³/mol. The monoisotopic (exact) mass is 780 g/mol. The highest BCUT2D eigenvalue weighted by Gasteiger charge is 2.53. The molecule has 0 amide bonds. The number of fused-ring (bicyclic) bond motifs is 9. The van der Waals surface area contributed by atoms with Gasteiger partial charge in [0.25, 0.3) is 0 Å². The maximum atomic E-state index is 5.17. The van der Waals surface area contributed by atoms with Crippen LogP contribution in [0.1, 0.15) is 35.1 Å². The summed E-state index contributed by atoms with van der Waals surface area (Å²) in [5, 5.41) is 0. The lowest BCUT2D eigenvalue weighted by Gasteiger charge is -2.33. The fourth-order valence-corrected chi connectivity index (χ4v) is 9.61.